The second kappa shape index (κ2) is 11.8. The minimum absolute atomic E-state index is 0.0313. The van der Waals surface area contributed by atoms with Gasteiger partial charge in [-0.05, 0) is 49.4 Å². The van der Waals surface area contributed by atoms with E-state index in [1.807, 2.05) is 13.0 Å². The van der Waals surface area contributed by atoms with Crippen LogP contribution in [0.2, 0.25) is 0 Å². The first-order chi connectivity index (χ1) is 20.4. The fraction of sp³-hybridized carbons (Fsp3) is 0.419. The van der Waals surface area contributed by atoms with Gasteiger partial charge in [-0.2, -0.15) is 18.4 Å². The molecule has 5 rings (SSSR count). The molecule has 3 aromatic rings. The average Bonchev–Trinajstić information content (AvgIpc) is 2.97. The highest BCUT2D eigenvalue weighted by molar-refractivity contribution is 5.99. The number of aliphatic hydroxyl groups is 1. The Hall–Kier alpha value is -4.21. The molecule has 0 saturated carbocycles. The summed E-state index contributed by atoms with van der Waals surface area (Å²) in [6.45, 7) is 5.47. The molecule has 1 saturated heterocycles. The molecular weight excluding hydrogens is 563 g/mol. The van der Waals surface area contributed by atoms with E-state index in [0.717, 1.165) is 4.57 Å². The molecule has 43 heavy (non-hydrogen) atoms. The number of halogens is 3. The lowest BCUT2D eigenvalue weighted by atomic mass is 9.86. The van der Waals surface area contributed by atoms with Gasteiger partial charge in [0.1, 0.15) is 17.4 Å². The van der Waals surface area contributed by atoms with Gasteiger partial charge in [0.15, 0.2) is 0 Å². The lowest BCUT2D eigenvalue weighted by Gasteiger charge is -2.43. The molecule has 1 fully saturated rings. The third-order valence-electron chi connectivity index (χ3n) is 8.22. The van der Waals surface area contributed by atoms with Gasteiger partial charge in [0.25, 0.3) is 11.5 Å². The van der Waals surface area contributed by atoms with Crippen LogP contribution in [0, 0.1) is 11.3 Å². The molecule has 9 nitrogen and oxygen atoms in total. The van der Waals surface area contributed by atoms with Crippen LogP contribution in [0.1, 0.15) is 52.2 Å². The molecular formula is C31H32F3N5O4. The van der Waals surface area contributed by atoms with Gasteiger partial charge in [0.05, 0.1) is 30.5 Å². The maximum absolute atomic E-state index is 14.2. The summed E-state index contributed by atoms with van der Waals surface area (Å²) in [6, 6.07) is 7.64. The normalized spacial score (nSPS) is 18.7. The van der Waals surface area contributed by atoms with Crippen LogP contribution in [0.5, 0.6) is 5.75 Å². The molecule has 2 aliphatic rings. The van der Waals surface area contributed by atoms with E-state index in [9.17, 15) is 33.1 Å². The Morgan fingerprint density at radius 3 is 2.56 bits per heavy atom. The van der Waals surface area contributed by atoms with E-state index >= 15 is 0 Å². The number of ether oxygens (including phenoxy) is 1. The predicted octanol–water partition coefficient (Wildman–Crippen LogP) is 3.54. The Morgan fingerprint density at radius 2 is 1.91 bits per heavy atom. The first-order valence-electron chi connectivity index (χ1n) is 14.1. The van der Waals surface area contributed by atoms with E-state index < -0.39 is 23.4 Å². The van der Waals surface area contributed by atoms with Crippen molar-refractivity contribution in [2.75, 3.05) is 26.2 Å². The summed E-state index contributed by atoms with van der Waals surface area (Å²) in [5.74, 6) is 0.0173. The molecule has 0 unspecified atom stereocenters. The van der Waals surface area contributed by atoms with Gasteiger partial charge in [-0.3, -0.25) is 19.5 Å². The first-order valence-corrected chi connectivity index (χ1v) is 14.1. The minimum Gasteiger partial charge on any atom is -0.492 e. The molecule has 4 heterocycles. The van der Waals surface area contributed by atoms with Crippen molar-refractivity contribution in [1.29, 1.82) is 5.26 Å². The molecule has 0 radical (unpaired) electrons. The van der Waals surface area contributed by atoms with E-state index in [1.54, 1.807) is 30.0 Å². The van der Waals surface area contributed by atoms with Crippen molar-refractivity contribution >= 4 is 5.91 Å². The number of nitrogens with zero attached hydrogens (tertiary/aromatic N) is 5. The zero-order chi connectivity index (χ0) is 31.1. The van der Waals surface area contributed by atoms with Gasteiger partial charge >= 0.3 is 6.18 Å². The SMILES string of the molecule is CCOc1cc(CN2CCc3c(cc(CCN4C[C@@H](O)[C@H]4C)cc3-c3cn(C)c(=O)cc3C(F)(F)F)C2=O)ncc1C#N. The number of carbonyl (C=O) groups is 1. The van der Waals surface area contributed by atoms with Crippen molar-refractivity contribution in [3.05, 3.63) is 80.5 Å². The molecule has 1 N–H and O–H groups in total. The Kier molecular flexibility index (Phi) is 8.31. The lowest BCUT2D eigenvalue weighted by molar-refractivity contribution is -0.137. The van der Waals surface area contributed by atoms with Crippen molar-refractivity contribution in [2.45, 2.75) is 51.6 Å². The molecule has 1 amide bonds. The number of hydrogen-bond donors (Lipinski definition) is 1. The Labute approximate surface area is 246 Å². The summed E-state index contributed by atoms with van der Waals surface area (Å²) >= 11 is 0. The molecule has 2 atom stereocenters. The number of aliphatic hydroxyl groups excluding tert-OH is 1. The summed E-state index contributed by atoms with van der Waals surface area (Å²) in [5, 5.41) is 19.2. The van der Waals surface area contributed by atoms with Gasteiger partial charge in [-0.25, -0.2) is 0 Å². The van der Waals surface area contributed by atoms with E-state index in [-0.39, 0.29) is 41.7 Å². The highest BCUT2D eigenvalue weighted by Gasteiger charge is 2.37. The van der Waals surface area contributed by atoms with Crippen LogP contribution in [0.3, 0.4) is 0 Å². The molecule has 2 aliphatic heterocycles. The van der Waals surface area contributed by atoms with Crippen molar-refractivity contribution in [3.63, 3.8) is 0 Å². The first kappa shape index (κ1) is 30.3. The number of pyridine rings is 2. The number of carbonyl (C=O) groups excluding carboxylic acids is 1. The predicted molar refractivity (Wildman–Crippen MR) is 151 cm³/mol. The zero-order valence-electron chi connectivity index (χ0n) is 24.1. The second-order valence-electron chi connectivity index (χ2n) is 11.0. The molecule has 12 heteroatoms. The number of alkyl halides is 3. The zero-order valence-corrected chi connectivity index (χ0v) is 24.1. The summed E-state index contributed by atoms with van der Waals surface area (Å²) in [4.78, 5) is 34.1. The van der Waals surface area contributed by atoms with Gasteiger partial charge < -0.3 is 19.3 Å². The Balaban J connectivity index is 1.55. The number of aryl methyl sites for hydroxylation is 1. The van der Waals surface area contributed by atoms with Crippen LogP contribution in [-0.4, -0.2) is 68.8 Å². The highest BCUT2D eigenvalue weighted by Crippen LogP contribution is 2.40. The molecule has 1 aromatic carbocycles. The topological polar surface area (TPSA) is 112 Å². The average molecular weight is 596 g/mol. The largest absolute Gasteiger partial charge is 0.492 e. The van der Waals surface area contributed by atoms with Crippen LogP contribution in [0.15, 0.2) is 41.5 Å². The number of nitriles is 1. The fourth-order valence-corrected chi connectivity index (χ4v) is 5.68. The third kappa shape index (κ3) is 6.00. The number of benzene rings is 1. The second-order valence-corrected chi connectivity index (χ2v) is 11.0. The fourth-order valence-electron chi connectivity index (χ4n) is 5.68. The summed E-state index contributed by atoms with van der Waals surface area (Å²) in [7, 11) is 1.40. The van der Waals surface area contributed by atoms with Crippen LogP contribution < -0.4 is 10.3 Å². The summed E-state index contributed by atoms with van der Waals surface area (Å²) < 4.78 is 49.2. The molecule has 226 valence electrons. The van der Waals surface area contributed by atoms with Crippen LogP contribution >= 0.6 is 0 Å². The van der Waals surface area contributed by atoms with Gasteiger partial charge in [-0.15, -0.1) is 0 Å². The smallest absolute Gasteiger partial charge is 0.417 e. The number of fused-ring (bicyclic) bond motifs is 1. The summed E-state index contributed by atoms with van der Waals surface area (Å²) in [5.41, 5.74) is 0.544. The van der Waals surface area contributed by atoms with Gasteiger partial charge in [0, 0.05) is 68.4 Å². The number of rotatable bonds is 8. The number of likely N-dealkylation sites (tertiary alicyclic amines) is 1. The number of aromatic nitrogens is 2. The standard InChI is InChI=1S/C31H32F3N5O4/c1-4-43-28-11-21(36-14-20(28)13-35)15-39-8-6-22-23(25-16-37(3)29(41)12-26(25)31(32,33)34)9-19(10-24(22)30(39)42)5-7-38-17-27(40)18(38)2/h9-12,14,16,18,27,40H,4-8,15,17H2,1-3H3/t18-,27-/m1/s1. The van der Waals surface area contributed by atoms with Crippen LogP contribution in [0.4, 0.5) is 13.2 Å². The van der Waals surface area contributed by atoms with E-state index in [2.05, 4.69) is 9.88 Å². The monoisotopic (exact) mass is 595 g/mol. The third-order valence-corrected chi connectivity index (χ3v) is 8.22. The van der Waals surface area contributed by atoms with Gasteiger partial charge in [-0.1, -0.05) is 6.07 Å². The van der Waals surface area contributed by atoms with Crippen LogP contribution in [-0.2, 0) is 32.6 Å². The van der Waals surface area contributed by atoms with Crippen molar-refractivity contribution in [2.24, 2.45) is 7.05 Å². The highest BCUT2D eigenvalue weighted by atomic mass is 19.4. The van der Waals surface area contributed by atoms with E-state index in [1.165, 1.54) is 19.4 Å². The number of β-amino-alcohol motifs (C(OH)–C–C–N with tert-alkyl or cyclic N) is 1. The molecule has 0 bridgehead atoms. The summed E-state index contributed by atoms with van der Waals surface area (Å²) in [6.07, 6.45) is -1.88. The molecule has 2 aromatic heterocycles. The Bertz CT molecular complexity index is 1660. The van der Waals surface area contributed by atoms with Crippen molar-refractivity contribution in [1.82, 2.24) is 19.4 Å². The maximum Gasteiger partial charge on any atom is 0.417 e. The molecule has 0 spiro atoms. The maximum atomic E-state index is 14.2. The van der Waals surface area contributed by atoms with Crippen molar-refractivity contribution in [3.8, 4) is 22.9 Å². The minimum atomic E-state index is -4.78. The van der Waals surface area contributed by atoms with E-state index in [4.69, 9.17) is 4.74 Å². The van der Waals surface area contributed by atoms with Gasteiger partial charge in [0.2, 0.25) is 0 Å². The number of hydrogen-bond acceptors (Lipinski definition) is 7. The number of amides is 1. The van der Waals surface area contributed by atoms with Crippen LogP contribution in [0.25, 0.3) is 11.1 Å². The molecule has 0 aliphatic carbocycles. The van der Waals surface area contributed by atoms with Crippen molar-refractivity contribution < 1.29 is 27.8 Å². The lowest BCUT2D eigenvalue weighted by Crippen LogP contribution is -2.58. The quantitative estimate of drug-likeness (QED) is 0.424. The van der Waals surface area contributed by atoms with E-state index in [0.29, 0.717) is 66.7 Å². The Morgan fingerprint density at radius 1 is 1.16 bits per heavy atom.